The minimum atomic E-state index is -4.43. The predicted molar refractivity (Wildman–Crippen MR) is 126 cm³/mol. The number of amides is 2. The predicted octanol–water partition coefficient (Wildman–Crippen LogP) is 4.35. The Balaban J connectivity index is 1.22. The van der Waals surface area contributed by atoms with Gasteiger partial charge in [0.05, 0.1) is 12.7 Å². The van der Waals surface area contributed by atoms with Crippen LogP contribution in [0, 0.1) is 5.92 Å². The molecule has 0 atom stereocenters. The van der Waals surface area contributed by atoms with Crippen LogP contribution in [-0.4, -0.2) is 56.0 Å². The van der Waals surface area contributed by atoms with Crippen molar-refractivity contribution >= 4 is 17.5 Å². The van der Waals surface area contributed by atoms with Crippen LogP contribution in [0.4, 0.5) is 18.9 Å². The number of nitrogens with one attached hydrogen (secondary N) is 1. The Morgan fingerprint density at radius 3 is 2.03 bits per heavy atom. The summed E-state index contributed by atoms with van der Waals surface area (Å²) in [7, 11) is 1.64. The van der Waals surface area contributed by atoms with Gasteiger partial charge in [0.15, 0.2) is 0 Å². The number of benzene rings is 2. The molecule has 4 rings (SSSR count). The number of halogens is 3. The van der Waals surface area contributed by atoms with Crippen LogP contribution in [0.3, 0.4) is 0 Å². The lowest BCUT2D eigenvalue weighted by molar-refractivity contribution is -0.137. The van der Waals surface area contributed by atoms with Gasteiger partial charge in [-0.15, -0.1) is 0 Å². The van der Waals surface area contributed by atoms with E-state index < -0.39 is 11.7 Å². The zero-order valence-electron chi connectivity index (χ0n) is 19.7. The Morgan fingerprint density at radius 2 is 1.49 bits per heavy atom. The number of hydrogen-bond acceptors (Lipinski definition) is 4. The molecule has 188 valence electrons. The summed E-state index contributed by atoms with van der Waals surface area (Å²) in [5.74, 6) is 0.382. The zero-order chi connectivity index (χ0) is 25.0. The molecular weight excluding hydrogens is 459 g/mol. The van der Waals surface area contributed by atoms with Gasteiger partial charge in [-0.3, -0.25) is 9.59 Å². The maximum absolute atomic E-state index is 12.8. The first-order valence-corrected chi connectivity index (χ1v) is 11.9. The average molecular weight is 490 g/mol. The third-order valence-corrected chi connectivity index (χ3v) is 6.89. The zero-order valence-corrected chi connectivity index (χ0v) is 19.7. The molecule has 0 saturated carbocycles. The number of likely N-dealkylation sites (tertiary alicyclic amines) is 1. The molecule has 0 aromatic heterocycles. The fraction of sp³-hybridized carbons (Fsp3) is 0.462. The summed E-state index contributed by atoms with van der Waals surface area (Å²) < 4.78 is 43.4. The van der Waals surface area contributed by atoms with Crippen molar-refractivity contribution in [2.45, 2.75) is 37.9 Å². The highest BCUT2D eigenvalue weighted by molar-refractivity contribution is 5.94. The third kappa shape index (κ3) is 6.07. The molecule has 0 spiro atoms. The number of hydrogen-bond donors (Lipinski definition) is 1. The number of piperidine rings is 2. The molecule has 35 heavy (non-hydrogen) atoms. The fourth-order valence-corrected chi connectivity index (χ4v) is 4.72. The van der Waals surface area contributed by atoms with Crippen LogP contribution in [0.5, 0.6) is 5.75 Å². The highest BCUT2D eigenvalue weighted by Crippen LogP contribution is 2.30. The van der Waals surface area contributed by atoms with E-state index in [2.05, 4.69) is 10.2 Å². The fourth-order valence-electron chi connectivity index (χ4n) is 4.72. The van der Waals surface area contributed by atoms with E-state index in [4.69, 9.17) is 4.74 Å². The van der Waals surface area contributed by atoms with Crippen molar-refractivity contribution in [1.82, 2.24) is 10.2 Å². The monoisotopic (exact) mass is 489 g/mol. The van der Waals surface area contributed by atoms with Crippen molar-refractivity contribution in [2.75, 3.05) is 38.2 Å². The average Bonchev–Trinajstić information content (AvgIpc) is 2.88. The van der Waals surface area contributed by atoms with Crippen molar-refractivity contribution in [3.63, 3.8) is 0 Å². The van der Waals surface area contributed by atoms with E-state index in [-0.39, 0.29) is 29.3 Å². The van der Waals surface area contributed by atoms with Crippen LogP contribution in [0.1, 0.15) is 41.6 Å². The lowest BCUT2D eigenvalue weighted by Gasteiger charge is -2.36. The van der Waals surface area contributed by atoms with Crippen LogP contribution in [0.25, 0.3) is 0 Å². The molecule has 1 N–H and O–H groups in total. The number of ether oxygens (including phenoxy) is 1. The quantitative estimate of drug-likeness (QED) is 0.679. The summed E-state index contributed by atoms with van der Waals surface area (Å²) in [6.07, 6.45) is -1.61. The normalized spacial score (nSPS) is 17.8. The van der Waals surface area contributed by atoms with Gasteiger partial charge in [0.2, 0.25) is 5.91 Å². The number of carbonyl (C=O) groups excluding carboxylic acids is 2. The summed E-state index contributed by atoms with van der Waals surface area (Å²) >= 11 is 0. The van der Waals surface area contributed by atoms with E-state index >= 15 is 0 Å². The van der Waals surface area contributed by atoms with Crippen LogP contribution < -0.4 is 15.0 Å². The molecule has 2 amide bonds. The molecule has 2 aromatic rings. The largest absolute Gasteiger partial charge is 0.497 e. The second-order valence-electron chi connectivity index (χ2n) is 9.11. The van der Waals surface area contributed by atoms with Crippen LogP contribution in [0.15, 0.2) is 48.5 Å². The highest BCUT2D eigenvalue weighted by Gasteiger charge is 2.32. The van der Waals surface area contributed by atoms with E-state index in [0.29, 0.717) is 25.9 Å². The van der Waals surface area contributed by atoms with E-state index in [9.17, 15) is 22.8 Å². The first-order valence-electron chi connectivity index (χ1n) is 11.9. The summed E-state index contributed by atoms with van der Waals surface area (Å²) in [6, 6.07) is 12.4. The molecule has 2 aliphatic heterocycles. The van der Waals surface area contributed by atoms with Crippen LogP contribution in [0.2, 0.25) is 0 Å². The highest BCUT2D eigenvalue weighted by atomic mass is 19.4. The molecule has 2 fully saturated rings. The maximum atomic E-state index is 12.8. The Hall–Kier alpha value is -3.23. The van der Waals surface area contributed by atoms with Gasteiger partial charge >= 0.3 is 6.18 Å². The molecule has 0 bridgehead atoms. The van der Waals surface area contributed by atoms with Crippen LogP contribution >= 0.6 is 0 Å². The number of rotatable bonds is 5. The molecule has 2 saturated heterocycles. The minimum absolute atomic E-state index is 0.0227. The second kappa shape index (κ2) is 10.6. The lowest BCUT2D eigenvalue weighted by atomic mass is 9.94. The smallest absolute Gasteiger partial charge is 0.416 e. The Morgan fingerprint density at radius 1 is 0.886 bits per heavy atom. The summed E-state index contributed by atoms with van der Waals surface area (Å²) in [6.45, 7) is 2.54. The number of anilines is 1. The lowest BCUT2D eigenvalue weighted by Crippen LogP contribution is -2.48. The SMILES string of the molecule is COc1ccc(N2CCC(NC(=O)C3CCN(C(=O)c4ccc(C(F)(F)F)cc4)CC3)CC2)cc1. The van der Waals surface area contributed by atoms with Gasteiger partial charge in [-0.05, 0) is 74.2 Å². The van der Waals surface area contributed by atoms with Gasteiger partial charge in [-0.2, -0.15) is 13.2 Å². The van der Waals surface area contributed by atoms with Crippen molar-refractivity contribution in [3.05, 3.63) is 59.7 Å². The van der Waals surface area contributed by atoms with E-state index in [1.807, 2.05) is 24.3 Å². The van der Waals surface area contributed by atoms with E-state index in [1.165, 1.54) is 12.1 Å². The van der Waals surface area contributed by atoms with Gasteiger partial charge < -0.3 is 19.9 Å². The molecule has 2 aromatic carbocycles. The number of alkyl halides is 3. The van der Waals surface area contributed by atoms with Gasteiger partial charge in [-0.25, -0.2) is 0 Å². The summed E-state index contributed by atoms with van der Waals surface area (Å²) in [5, 5.41) is 3.18. The molecule has 0 aliphatic carbocycles. The van der Waals surface area contributed by atoms with Crippen molar-refractivity contribution < 1.29 is 27.5 Å². The van der Waals surface area contributed by atoms with Crippen molar-refractivity contribution in [2.24, 2.45) is 5.92 Å². The molecule has 6 nitrogen and oxygen atoms in total. The first kappa shape index (κ1) is 24.9. The molecule has 2 heterocycles. The van der Waals surface area contributed by atoms with Gasteiger partial charge in [-0.1, -0.05) is 0 Å². The van der Waals surface area contributed by atoms with Crippen molar-refractivity contribution in [1.29, 1.82) is 0 Å². The number of methoxy groups -OCH3 is 1. The summed E-state index contributed by atoms with van der Waals surface area (Å²) in [4.78, 5) is 29.4. The minimum Gasteiger partial charge on any atom is -0.497 e. The topological polar surface area (TPSA) is 61.9 Å². The molecule has 9 heteroatoms. The first-order chi connectivity index (χ1) is 16.7. The van der Waals surface area contributed by atoms with Gasteiger partial charge in [0, 0.05) is 49.4 Å². The Kier molecular flexibility index (Phi) is 7.52. The maximum Gasteiger partial charge on any atom is 0.416 e. The molecular formula is C26H30F3N3O3. The molecule has 0 radical (unpaired) electrons. The van der Waals surface area contributed by atoms with E-state index in [0.717, 1.165) is 49.5 Å². The second-order valence-corrected chi connectivity index (χ2v) is 9.11. The Bertz CT molecular complexity index is 1010. The number of nitrogens with zero attached hydrogens (tertiary/aromatic N) is 2. The number of carbonyl (C=O) groups is 2. The standard InChI is InChI=1S/C26H30F3N3O3/c1-35-23-8-6-22(7-9-23)31-16-12-21(13-17-31)30-24(33)18-10-14-32(15-11-18)25(34)19-2-4-20(5-3-19)26(27,28)29/h2-9,18,21H,10-17H2,1H3,(H,30,33). The Labute approximate surface area is 203 Å². The van der Waals surface area contributed by atoms with Crippen molar-refractivity contribution in [3.8, 4) is 5.75 Å². The van der Waals surface area contributed by atoms with E-state index in [1.54, 1.807) is 12.0 Å². The van der Waals surface area contributed by atoms with Gasteiger partial charge in [0.25, 0.3) is 5.91 Å². The third-order valence-electron chi connectivity index (χ3n) is 6.89. The van der Waals surface area contributed by atoms with Crippen LogP contribution in [-0.2, 0) is 11.0 Å². The van der Waals surface area contributed by atoms with Gasteiger partial charge in [0.1, 0.15) is 5.75 Å². The molecule has 0 unspecified atom stereocenters. The molecule has 2 aliphatic rings. The summed E-state index contributed by atoms with van der Waals surface area (Å²) in [5.41, 5.74) is 0.587.